The van der Waals surface area contributed by atoms with Crippen molar-refractivity contribution in [1.29, 1.82) is 0 Å². The third-order valence-electron chi connectivity index (χ3n) is 5.05. The van der Waals surface area contributed by atoms with Crippen LogP contribution >= 0.6 is 11.8 Å². The van der Waals surface area contributed by atoms with E-state index >= 15 is 0 Å². The molecule has 2 aliphatic rings. The summed E-state index contributed by atoms with van der Waals surface area (Å²) < 4.78 is 0. The third-order valence-corrected chi connectivity index (χ3v) is 6.14. The summed E-state index contributed by atoms with van der Waals surface area (Å²) in [7, 11) is 2.21. The second-order valence-corrected chi connectivity index (χ2v) is 7.73. The van der Waals surface area contributed by atoms with Gasteiger partial charge in [0.05, 0.1) is 0 Å². The van der Waals surface area contributed by atoms with Gasteiger partial charge in [0.2, 0.25) is 0 Å². The van der Waals surface area contributed by atoms with Crippen molar-refractivity contribution in [2.45, 2.75) is 56.4 Å². The molecule has 1 aliphatic heterocycles. The molecule has 0 spiro atoms. The summed E-state index contributed by atoms with van der Waals surface area (Å²) in [6.07, 6.45) is 10.3. The van der Waals surface area contributed by atoms with Crippen LogP contribution in [0.2, 0.25) is 0 Å². The molecule has 1 fully saturated rings. The molecule has 3 rings (SSSR count). The van der Waals surface area contributed by atoms with E-state index in [4.69, 9.17) is 0 Å². The fraction of sp³-hybridized carbons (Fsp3) is 0.667. The van der Waals surface area contributed by atoms with E-state index in [0.29, 0.717) is 0 Å². The molecule has 1 aromatic rings. The van der Waals surface area contributed by atoms with Crippen LogP contribution < -0.4 is 10.2 Å². The smallest absolute Gasteiger partial charge is 0.0396 e. The van der Waals surface area contributed by atoms with Crippen molar-refractivity contribution < 1.29 is 0 Å². The van der Waals surface area contributed by atoms with E-state index in [1.165, 1.54) is 61.9 Å². The van der Waals surface area contributed by atoms with Gasteiger partial charge in [-0.25, -0.2) is 0 Å². The number of hydrogen-bond acceptors (Lipinski definition) is 3. The first-order valence-electron chi connectivity index (χ1n) is 8.35. The van der Waals surface area contributed by atoms with Gasteiger partial charge in [0, 0.05) is 37.1 Å². The maximum atomic E-state index is 3.79. The van der Waals surface area contributed by atoms with E-state index in [9.17, 15) is 0 Å². The molecule has 0 saturated heterocycles. The van der Waals surface area contributed by atoms with Gasteiger partial charge in [0.25, 0.3) is 0 Å². The van der Waals surface area contributed by atoms with Crippen LogP contribution in [0.15, 0.2) is 18.2 Å². The lowest BCUT2D eigenvalue weighted by Gasteiger charge is -2.30. The Morgan fingerprint density at radius 3 is 3.05 bits per heavy atom. The number of nitrogens with zero attached hydrogens (tertiary/aromatic N) is 1. The molecular weight excluding hydrogens is 276 g/mol. The molecule has 21 heavy (non-hydrogen) atoms. The highest BCUT2D eigenvalue weighted by Gasteiger charge is 2.21. The minimum absolute atomic E-state index is 0.718. The maximum Gasteiger partial charge on any atom is 0.0396 e. The summed E-state index contributed by atoms with van der Waals surface area (Å²) >= 11 is 2.04. The molecule has 0 radical (unpaired) electrons. The molecule has 2 nitrogen and oxygen atoms in total. The minimum atomic E-state index is 0.718. The van der Waals surface area contributed by atoms with Crippen LogP contribution in [0.5, 0.6) is 0 Å². The maximum absolute atomic E-state index is 3.79. The summed E-state index contributed by atoms with van der Waals surface area (Å²) in [4.78, 5) is 2.39. The Labute approximate surface area is 133 Å². The highest BCUT2D eigenvalue weighted by atomic mass is 32.2. The van der Waals surface area contributed by atoms with Gasteiger partial charge in [-0.15, -0.1) is 0 Å². The normalized spacial score (nSPS) is 25.7. The Kier molecular flexibility index (Phi) is 5.12. The van der Waals surface area contributed by atoms with Crippen LogP contribution in [0.1, 0.15) is 43.2 Å². The topological polar surface area (TPSA) is 15.3 Å². The Hall–Kier alpha value is -0.670. The van der Waals surface area contributed by atoms with E-state index in [1.54, 1.807) is 0 Å². The number of thioether (sulfide) groups is 1. The number of rotatable bonds is 4. The lowest BCUT2D eigenvalue weighted by atomic mass is 9.94. The minimum Gasteiger partial charge on any atom is -0.374 e. The van der Waals surface area contributed by atoms with Crippen LogP contribution in [0, 0.1) is 0 Å². The van der Waals surface area contributed by atoms with Gasteiger partial charge in [-0.1, -0.05) is 18.6 Å². The molecular formula is C18H28N2S. The van der Waals surface area contributed by atoms with Crippen molar-refractivity contribution in [2.24, 2.45) is 0 Å². The monoisotopic (exact) mass is 304 g/mol. The molecule has 1 N–H and O–H groups in total. The fourth-order valence-electron chi connectivity index (χ4n) is 3.76. The highest BCUT2D eigenvalue weighted by molar-refractivity contribution is 7.99. The first kappa shape index (κ1) is 15.2. The first-order chi connectivity index (χ1) is 10.3. The molecule has 1 heterocycles. The number of benzene rings is 1. The molecule has 2 unspecified atom stereocenters. The molecule has 0 aromatic heterocycles. The first-order valence-corrected chi connectivity index (χ1v) is 9.64. The molecule has 3 heteroatoms. The molecule has 2 atom stereocenters. The number of anilines is 1. The molecule has 0 amide bonds. The van der Waals surface area contributed by atoms with Crippen LogP contribution in [-0.4, -0.2) is 31.1 Å². The zero-order valence-corrected chi connectivity index (χ0v) is 14.2. The second-order valence-electron chi connectivity index (χ2n) is 6.59. The van der Waals surface area contributed by atoms with Gasteiger partial charge in [-0.05, 0) is 55.6 Å². The quantitative estimate of drug-likeness (QED) is 0.910. The van der Waals surface area contributed by atoms with E-state index < -0.39 is 0 Å². The van der Waals surface area contributed by atoms with Crippen molar-refractivity contribution in [3.05, 3.63) is 29.3 Å². The van der Waals surface area contributed by atoms with Gasteiger partial charge in [0.1, 0.15) is 0 Å². The Morgan fingerprint density at radius 1 is 1.29 bits per heavy atom. The lowest BCUT2D eigenvalue weighted by Crippen LogP contribution is -2.34. The summed E-state index contributed by atoms with van der Waals surface area (Å²) in [5.41, 5.74) is 4.43. The van der Waals surface area contributed by atoms with Gasteiger partial charge in [-0.3, -0.25) is 0 Å². The fourth-order valence-corrected chi connectivity index (χ4v) is 4.58. The number of fused-ring (bicyclic) bond motifs is 1. The van der Waals surface area contributed by atoms with E-state index in [2.05, 4.69) is 41.7 Å². The van der Waals surface area contributed by atoms with Crippen molar-refractivity contribution in [2.75, 3.05) is 24.7 Å². The van der Waals surface area contributed by atoms with Crippen LogP contribution in [0.25, 0.3) is 0 Å². The zero-order valence-electron chi connectivity index (χ0n) is 13.4. The molecule has 0 bridgehead atoms. The van der Waals surface area contributed by atoms with Gasteiger partial charge in [0.15, 0.2) is 0 Å². The number of aryl methyl sites for hydroxylation is 1. The van der Waals surface area contributed by atoms with Gasteiger partial charge < -0.3 is 10.2 Å². The summed E-state index contributed by atoms with van der Waals surface area (Å²) in [5, 5.41) is 4.66. The van der Waals surface area contributed by atoms with Gasteiger partial charge >= 0.3 is 0 Å². The second kappa shape index (κ2) is 7.06. The molecule has 1 saturated carbocycles. The lowest BCUT2D eigenvalue weighted by molar-refractivity contribution is 0.380. The van der Waals surface area contributed by atoms with Crippen LogP contribution in [-0.2, 0) is 13.0 Å². The van der Waals surface area contributed by atoms with Crippen LogP contribution in [0.4, 0.5) is 5.69 Å². The predicted molar refractivity (Wildman–Crippen MR) is 94.4 cm³/mol. The van der Waals surface area contributed by atoms with Crippen molar-refractivity contribution in [3.63, 3.8) is 0 Å². The number of hydrogen-bond donors (Lipinski definition) is 1. The molecule has 1 aliphatic carbocycles. The van der Waals surface area contributed by atoms with Crippen molar-refractivity contribution >= 4 is 17.4 Å². The Balaban J connectivity index is 1.58. The molecule has 1 aromatic carbocycles. The Morgan fingerprint density at radius 2 is 2.19 bits per heavy atom. The third kappa shape index (κ3) is 3.75. The number of nitrogens with one attached hydrogen (secondary N) is 1. The average molecular weight is 305 g/mol. The summed E-state index contributed by atoms with van der Waals surface area (Å²) in [6, 6.07) is 7.77. The summed E-state index contributed by atoms with van der Waals surface area (Å²) in [5.74, 6) is 0. The average Bonchev–Trinajstić information content (AvgIpc) is 2.53. The zero-order chi connectivity index (χ0) is 14.7. The standard InChI is InChI=1S/C18H28N2S/c1-20-10-4-5-15-11-14(8-9-18(15)20)13-19-16-6-3-7-17(12-16)21-2/h8-9,11,16-17,19H,3-7,10,12-13H2,1-2H3. The highest BCUT2D eigenvalue weighted by Crippen LogP contribution is 2.28. The van der Waals surface area contributed by atoms with E-state index in [0.717, 1.165) is 17.8 Å². The van der Waals surface area contributed by atoms with Crippen LogP contribution in [0.3, 0.4) is 0 Å². The Bertz CT molecular complexity index is 474. The molecule has 116 valence electrons. The van der Waals surface area contributed by atoms with Crippen molar-refractivity contribution in [3.8, 4) is 0 Å². The predicted octanol–water partition coefficient (Wildman–Crippen LogP) is 3.83. The SMILES string of the molecule is CSC1CCCC(NCc2ccc3c(c2)CCCN3C)C1. The van der Waals surface area contributed by atoms with Crippen molar-refractivity contribution in [1.82, 2.24) is 5.32 Å². The largest absolute Gasteiger partial charge is 0.374 e. The summed E-state index contributed by atoms with van der Waals surface area (Å²) in [6.45, 7) is 2.23. The van der Waals surface area contributed by atoms with E-state index in [1.807, 2.05) is 11.8 Å². The van der Waals surface area contributed by atoms with E-state index in [-0.39, 0.29) is 0 Å². The van der Waals surface area contributed by atoms with Gasteiger partial charge in [-0.2, -0.15) is 11.8 Å².